The molecule has 6 nitrogen and oxygen atoms in total. The van der Waals surface area contributed by atoms with Crippen LogP contribution < -0.4 is 14.2 Å². The molecule has 0 N–H and O–H groups in total. The number of rotatable bonds is 16. The Hall–Kier alpha value is -3.54. The average Bonchev–Trinajstić information content (AvgIpc) is 2.88. The van der Waals surface area contributed by atoms with Gasteiger partial charge in [0.2, 0.25) is 0 Å². The molecule has 194 valence electrons. The van der Waals surface area contributed by atoms with Crippen LogP contribution in [0.25, 0.3) is 6.08 Å². The highest BCUT2D eigenvalue weighted by atomic mass is 16.5. The molecule has 0 aliphatic heterocycles. The van der Waals surface area contributed by atoms with Crippen LogP contribution in [0, 0.1) is 0 Å². The molecule has 6 heteroatoms. The lowest BCUT2D eigenvalue weighted by atomic mass is 10.1. The Morgan fingerprint density at radius 2 is 1.53 bits per heavy atom. The van der Waals surface area contributed by atoms with Gasteiger partial charge in [0.1, 0.15) is 23.4 Å². The highest BCUT2D eigenvalue weighted by molar-refractivity contribution is 5.88. The first-order chi connectivity index (χ1) is 17.4. The lowest BCUT2D eigenvalue weighted by Crippen LogP contribution is -2.18. The summed E-state index contributed by atoms with van der Waals surface area (Å²) in [5, 5.41) is 0. The first-order valence-electron chi connectivity index (χ1n) is 12.5. The third kappa shape index (κ3) is 11.3. The van der Waals surface area contributed by atoms with Gasteiger partial charge >= 0.3 is 11.9 Å². The molecule has 0 radical (unpaired) electrons. The van der Waals surface area contributed by atoms with Gasteiger partial charge in [-0.1, -0.05) is 38.5 Å². The third-order valence-electron chi connectivity index (χ3n) is 5.51. The first kappa shape index (κ1) is 28.7. The van der Waals surface area contributed by atoms with Crippen LogP contribution in [0.2, 0.25) is 0 Å². The van der Waals surface area contributed by atoms with Crippen LogP contribution in [0.3, 0.4) is 0 Å². The number of hydrogen-bond acceptors (Lipinski definition) is 6. The second-order valence-corrected chi connectivity index (χ2v) is 8.65. The predicted octanol–water partition coefficient (Wildman–Crippen LogP) is 6.93. The Labute approximate surface area is 214 Å². The lowest BCUT2D eigenvalue weighted by Gasteiger charge is -2.17. The number of methoxy groups -OCH3 is 1. The van der Waals surface area contributed by atoms with Crippen molar-refractivity contribution in [2.45, 2.75) is 64.9 Å². The summed E-state index contributed by atoms with van der Waals surface area (Å²) < 4.78 is 21.8. The van der Waals surface area contributed by atoms with Crippen molar-refractivity contribution in [3.05, 3.63) is 72.3 Å². The summed E-state index contributed by atoms with van der Waals surface area (Å²) in [6.07, 6.45) is 9.76. The van der Waals surface area contributed by atoms with Gasteiger partial charge in [0.05, 0.1) is 13.7 Å². The van der Waals surface area contributed by atoms with Gasteiger partial charge in [-0.05, 0) is 87.1 Å². The van der Waals surface area contributed by atoms with E-state index in [4.69, 9.17) is 18.9 Å². The van der Waals surface area contributed by atoms with E-state index >= 15 is 0 Å². The fourth-order valence-corrected chi connectivity index (χ4v) is 3.42. The van der Waals surface area contributed by atoms with Crippen molar-refractivity contribution in [1.29, 1.82) is 0 Å². The average molecular weight is 495 g/mol. The summed E-state index contributed by atoms with van der Waals surface area (Å²) in [6.45, 7) is 8.06. The van der Waals surface area contributed by atoms with E-state index < -0.39 is 5.97 Å². The van der Waals surface area contributed by atoms with E-state index in [9.17, 15) is 9.59 Å². The zero-order valence-corrected chi connectivity index (χ0v) is 21.7. The van der Waals surface area contributed by atoms with Crippen LogP contribution in [0.1, 0.15) is 64.4 Å². The van der Waals surface area contributed by atoms with Crippen LogP contribution in [-0.2, 0) is 14.3 Å². The van der Waals surface area contributed by atoms with Gasteiger partial charge in [0, 0.05) is 11.6 Å². The second-order valence-electron chi connectivity index (χ2n) is 8.65. The molecule has 36 heavy (non-hydrogen) atoms. The highest BCUT2D eigenvalue weighted by Gasteiger charge is 2.14. The summed E-state index contributed by atoms with van der Waals surface area (Å²) >= 11 is 0. The van der Waals surface area contributed by atoms with Gasteiger partial charge in [-0.25, -0.2) is 9.59 Å². The van der Waals surface area contributed by atoms with Gasteiger partial charge in [-0.2, -0.15) is 0 Å². The molecule has 1 atom stereocenters. The molecule has 0 saturated heterocycles. The number of hydrogen-bond donors (Lipinski definition) is 0. The first-order valence-corrected chi connectivity index (χ1v) is 12.5. The minimum atomic E-state index is -0.453. The summed E-state index contributed by atoms with van der Waals surface area (Å²) in [5.41, 5.74) is 1.32. The molecule has 0 aromatic heterocycles. The van der Waals surface area contributed by atoms with E-state index in [1.54, 1.807) is 44.4 Å². The van der Waals surface area contributed by atoms with Crippen molar-refractivity contribution >= 4 is 18.0 Å². The second kappa shape index (κ2) is 16.2. The molecule has 2 aromatic carbocycles. The quantitative estimate of drug-likeness (QED) is 0.109. The van der Waals surface area contributed by atoms with Crippen LogP contribution in [0.15, 0.2) is 66.8 Å². The highest BCUT2D eigenvalue weighted by Crippen LogP contribution is 2.19. The number of carbonyl (C=O) groups excluding carboxylic acids is 2. The van der Waals surface area contributed by atoms with Crippen molar-refractivity contribution in [1.82, 2.24) is 0 Å². The minimum absolute atomic E-state index is 0.0450. The molecule has 2 rings (SSSR count). The maximum atomic E-state index is 12.1. The molecular formula is C30H38O6. The monoisotopic (exact) mass is 494 g/mol. The zero-order valence-electron chi connectivity index (χ0n) is 21.7. The fraction of sp³-hybridized carbons (Fsp3) is 0.400. The van der Waals surface area contributed by atoms with Crippen LogP contribution >= 0.6 is 0 Å². The maximum Gasteiger partial charge on any atom is 0.336 e. The molecule has 2 aromatic rings. The van der Waals surface area contributed by atoms with Gasteiger partial charge in [0.15, 0.2) is 0 Å². The third-order valence-corrected chi connectivity index (χ3v) is 5.51. The van der Waals surface area contributed by atoms with Crippen molar-refractivity contribution in [2.24, 2.45) is 0 Å². The number of carbonyl (C=O) groups is 2. The molecule has 0 fully saturated rings. The van der Waals surface area contributed by atoms with E-state index in [0.717, 1.165) is 62.0 Å². The summed E-state index contributed by atoms with van der Waals surface area (Å²) in [5.74, 6) is 1.18. The topological polar surface area (TPSA) is 71.1 Å². The summed E-state index contributed by atoms with van der Waals surface area (Å²) in [6, 6.07) is 14.4. The van der Waals surface area contributed by atoms with E-state index in [1.165, 1.54) is 6.08 Å². The van der Waals surface area contributed by atoms with Crippen molar-refractivity contribution < 1.29 is 28.5 Å². The van der Waals surface area contributed by atoms with Gasteiger partial charge in [-0.3, -0.25) is 0 Å². The van der Waals surface area contributed by atoms with Gasteiger partial charge < -0.3 is 18.9 Å². The molecule has 0 saturated carbocycles. The summed E-state index contributed by atoms with van der Waals surface area (Å²) in [7, 11) is 1.61. The van der Waals surface area contributed by atoms with Crippen LogP contribution in [0.4, 0.5) is 0 Å². The molecule has 0 bridgehead atoms. The molecule has 0 amide bonds. The van der Waals surface area contributed by atoms with Gasteiger partial charge in [0.25, 0.3) is 0 Å². The van der Waals surface area contributed by atoms with Crippen LogP contribution in [-0.4, -0.2) is 31.8 Å². The Bertz CT molecular complexity index is 976. The number of unbranched alkanes of at least 4 members (excludes halogenated alkanes) is 3. The van der Waals surface area contributed by atoms with E-state index in [1.807, 2.05) is 24.3 Å². The molecule has 0 heterocycles. The summed E-state index contributed by atoms with van der Waals surface area (Å²) in [4.78, 5) is 23.9. The van der Waals surface area contributed by atoms with Gasteiger partial charge in [-0.15, -0.1) is 0 Å². The normalized spacial score (nSPS) is 11.6. The largest absolute Gasteiger partial charge is 0.497 e. The number of benzene rings is 2. The standard InChI is InChI=1S/C30H38O6/c1-5-6-10-27(36-30(32)23(2)3)11-8-7-9-22-34-26-17-19-28(20-18-26)35-29(31)21-14-24-12-15-25(33-4)16-13-24/h12-21,27H,2,5-11,22H2,1,3-4H3/b21-14+. The fourth-order valence-electron chi connectivity index (χ4n) is 3.42. The van der Waals surface area contributed by atoms with Crippen molar-refractivity contribution in [3.8, 4) is 17.2 Å². The number of ether oxygens (including phenoxy) is 4. The molecule has 0 spiro atoms. The van der Waals surface area contributed by atoms with E-state index in [0.29, 0.717) is 17.9 Å². The molecule has 1 unspecified atom stereocenters. The predicted molar refractivity (Wildman–Crippen MR) is 142 cm³/mol. The smallest absolute Gasteiger partial charge is 0.336 e. The Morgan fingerprint density at radius 3 is 2.17 bits per heavy atom. The Morgan fingerprint density at radius 1 is 0.889 bits per heavy atom. The van der Waals surface area contributed by atoms with Crippen molar-refractivity contribution in [2.75, 3.05) is 13.7 Å². The lowest BCUT2D eigenvalue weighted by molar-refractivity contribution is -0.145. The van der Waals surface area contributed by atoms with E-state index in [2.05, 4.69) is 13.5 Å². The van der Waals surface area contributed by atoms with Crippen LogP contribution in [0.5, 0.6) is 17.2 Å². The van der Waals surface area contributed by atoms with E-state index in [-0.39, 0.29) is 12.1 Å². The molecule has 0 aliphatic carbocycles. The minimum Gasteiger partial charge on any atom is -0.497 e. The molecular weight excluding hydrogens is 456 g/mol. The van der Waals surface area contributed by atoms with Crippen molar-refractivity contribution in [3.63, 3.8) is 0 Å². The SMILES string of the molecule is C=C(C)C(=O)OC(CCCC)CCCCCOc1ccc(OC(=O)/C=C/c2ccc(OC)cc2)cc1. The number of esters is 2. The Kier molecular flexibility index (Phi) is 12.9. The molecule has 0 aliphatic rings. The Balaban J connectivity index is 1.67. The maximum absolute atomic E-state index is 12.1. The zero-order chi connectivity index (χ0) is 26.2.